The van der Waals surface area contributed by atoms with E-state index in [1.807, 2.05) is 0 Å². The molecule has 7 nitrogen and oxygen atoms in total. The van der Waals surface area contributed by atoms with Gasteiger partial charge in [0, 0.05) is 24.6 Å². The monoisotopic (exact) mass is 342 g/mol. The van der Waals surface area contributed by atoms with Gasteiger partial charge in [-0.2, -0.15) is 0 Å². The number of ether oxygens (including phenoxy) is 2. The number of carbonyl (C=O) groups is 2. The van der Waals surface area contributed by atoms with Crippen molar-refractivity contribution in [1.82, 2.24) is 0 Å². The minimum Gasteiger partial charge on any atom is -0.508 e. The summed E-state index contributed by atoms with van der Waals surface area (Å²) in [5.74, 6) is -1.82. The summed E-state index contributed by atoms with van der Waals surface area (Å²) in [7, 11) is 0. The molecule has 0 bridgehead atoms. The molecule has 0 spiro atoms. The van der Waals surface area contributed by atoms with E-state index < -0.39 is 11.8 Å². The topological polar surface area (TPSA) is 113 Å². The van der Waals surface area contributed by atoms with E-state index in [2.05, 4.69) is 0 Å². The fraction of sp³-hybridized carbons (Fsp3) is 0.111. The first-order valence-corrected chi connectivity index (χ1v) is 7.30. The van der Waals surface area contributed by atoms with Crippen LogP contribution in [-0.2, 0) is 4.79 Å². The van der Waals surface area contributed by atoms with E-state index in [-0.39, 0.29) is 46.5 Å². The van der Waals surface area contributed by atoms with Gasteiger partial charge in [0.1, 0.15) is 29.4 Å². The molecule has 0 radical (unpaired) electrons. The molecule has 0 atom stereocenters. The highest BCUT2D eigenvalue weighted by atomic mass is 16.5. The molecule has 25 heavy (non-hydrogen) atoms. The lowest BCUT2D eigenvalue weighted by atomic mass is 9.97. The molecular formula is C18H14O7. The van der Waals surface area contributed by atoms with Gasteiger partial charge in [0.05, 0.1) is 0 Å². The van der Waals surface area contributed by atoms with Crippen molar-refractivity contribution in [3.63, 3.8) is 0 Å². The molecule has 0 saturated carbocycles. The molecule has 1 aliphatic heterocycles. The Morgan fingerprint density at radius 1 is 1.16 bits per heavy atom. The molecule has 0 aliphatic carbocycles. The van der Waals surface area contributed by atoms with Crippen LogP contribution >= 0.6 is 0 Å². The number of phenols is 3. The summed E-state index contributed by atoms with van der Waals surface area (Å²) in [6, 6.07) is 6.55. The molecule has 1 heterocycles. The second kappa shape index (κ2) is 6.20. The first-order valence-electron chi connectivity index (χ1n) is 7.30. The number of benzene rings is 2. The van der Waals surface area contributed by atoms with Crippen molar-refractivity contribution in [3.05, 3.63) is 47.0 Å². The smallest absolute Gasteiger partial charge is 0.308 e. The Kier molecular flexibility index (Phi) is 4.06. The van der Waals surface area contributed by atoms with Crippen LogP contribution in [0.25, 0.3) is 6.08 Å². The number of carbonyl (C=O) groups excluding carboxylic acids is 2. The van der Waals surface area contributed by atoms with Crippen LogP contribution in [0, 0.1) is 0 Å². The van der Waals surface area contributed by atoms with Gasteiger partial charge < -0.3 is 24.8 Å². The lowest BCUT2D eigenvalue weighted by Crippen LogP contribution is -2.20. The van der Waals surface area contributed by atoms with Crippen LogP contribution < -0.4 is 9.47 Å². The third-order valence-electron chi connectivity index (χ3n) is 3.55. The molecule has 2 aromatic carbocycles. The molecule has 0 amide bonds. The minimum absolute atomic E-state index is 0.0356. The van der Waals surface area contributed by atoms with Crippen LogP contribution in [-0.4, -0.2) is 33.7 Å². The highest BCUT2D eigenvalue weighted by Gasteiger charge is 2.29. The van der Waals surface area contributed by atoms with Crippen LogP contribution in [0.5, 0.6) is 28.7 Å². The summed E-state index contributed by atoms with van der Waals surface area (Å²) in [6.07, 6.45) is 1.49. The normalized spacial score (nSPS) is 14.8. The summed E-state index contributed by atoms with van der Waals surface area (Å²) >= 11 is 0. The number of hydrogen-bond acceptors (Lipinski definition) is 7. The highest BCUT2D eigenvalue weighted by molar-refractivity contribution is 6.16. The molecule has 7 heteroatoms. The number of Topliss-reactive ketones (excluding diaryl/α,β-unsaturated/α-hetero) is 1. The van der Waals surface area contributed by atoms with Crippen molar-refractivity contribution < 1.29 is 34.4 Å². The zero-order valence-corrected chi connectivity index (χ0v) is 13.1. The highest BCUT2D eigenvalue weighted by Crippen LogP contribution is 2.39. The first-order chi connectivity index (χ1) is 11.8. The molecule has 1 aliphatic rings. The number of rotatable bonds is 2. The number of phenolic OH excluding ortho intramolecular Hbond substituents is 3. The Labute approximate surface area is 142 Å². The average Bonchev–Trinajstić information content (AvgIpc) is 2.52. The van der Waals surface area contributed by atoms with E-state index in [9.17, 15) is 24.9 Å². The van der Waals surface area contributed by atoms with Crippen LogP contribution in [0.4, 0.5) is 0 Å². The van der Waals surface area contributed by atoms with E-state index in [1.165, 1.54) is 37.3 Å². The molecule has 0 saturated heterocycles. The Morgan fingerprint density at radius 3 is 2.60 bits per heavy atom. The minimum atomic E-state index is -0.639. The molecule has 0 unspecified atom stereocenters. The van der Waals surface area contributed by atoms with Crippen LogP contribution in [0.3, 0.4) is 0 Å². The largest absolute Gasteiger partial charge is 0.508 e. The molecule has 3 N–H and O–H groups in total. The molecule has 0 aromatic heterocycles. The van der Waals surface area contributed by atoms with Crippen LogP contribution in [0.1, 0.15) is 22.8 Å². The van der Waals surface area contributed by atoms with Gasteiger partial charge in [-0.25, -0.2) is 0 Å². The van der Waals surface area contributed by atoms with Crippen molar-refractivity contribution in [1.29, 1.82) is 0 Å². The van der Waals surface area contributed by atoms with Crippen LogP contribution in [0.2, 0.25) is 0 Å². The van der Waals surface area contributed by atoms with Crippen molar-refractivity contribution in [2.45, 2.75) is 6.92 Å². The number of ketones is 1. The predicted octanol–water partition coefficient (Wildman–Crippen LogP) is 2.39. The van der Waals surface area contributed by atoms with Gasteiger partial charge in [-0.05, 0) is 23.8 Å². The maximum Gasteiger partial charge on any atom is 0.308 e. The first kappa shape index (κ1) is 16.4. The standard InChI is InChI=1S/C18H14O7/c1-9(19)25-16-7-12(20)6-15-17(16)18(23)11(8-24-15)4-10-2-3-13(21)14(22)5-10/h2-7,20-22H,8H2,1H3/b11-4+. The van der Waals surface area contributed by atoms with Gasteiger partial charge in [-0.1, -0.05) is 6.07 Å². The van der Waals surface area contributed by atoms with E-state index in [1.54, 1.807) is 0 Å². The fourth-order valence-corrected chi connectivity index (χ4v) is 2.47. The van der Waals surface area contributed by atoms with E-state index in [4.69, 9.17) is 9.47 Å². The number of fused-ring (bicyclic) bond motifs is 1. The van der Waals surface area contributed by atoms with E-state index in [0.29, 0.717) is 5.56 Å². The summed E-state index contributed by atoms with van der Waals surface area (Å²) in [5, 5.41) is 28.6. The van der Waals surface area contributed by atoms with Gasteiger partial charge in [0.25, 0.3) is 0 Å². The third kappa shape index (κ3) is 3.25. The van der Waals surface area contributed by atoms with Gasteiger partial charge in [0.2, 0.25) is 0 Å². The molecule has 3 rings (SSSR count). The molecule has 2 aromatic rings. The number of esters is 1. The van der Waals surface area contributed by atoms with Crippen molar-refractivity contribution in [2.75, 3.05) is 6.61 Å². The summed E-state index contributed by atoms with van der Waals surface area (Å²) in [5.41, 5.74) is 0.781. The molecular weight excluding hydrogens is 328 g/mol. The zero-order chi connectivity index (χ0) is 18.1. The van der Waals surface area contributed by atoms with Crippen molar-refractivity contribution in [3.8, 4) is 28.7 Å². The summed E-state index contributed by atoms with van der Waals surface area (Å²) in [4.78, 5) is 24.0. The SMILES string of the molecule is CC(=O)Oc1cc(O)cc2c1C(=O)/C(=C/c1ccc(O)c(O)c1)CO2. The third-order valence-corrected chi connectivity index (χ3v) is 3.55. The maximum absolute atomic E-state index is 12.8. The van der Waals surface area contributed by atoms with E-state index in [0.717, 1.165) is 6.07 Å². The molecule has 128 valence electrons. The quantitative estimate of drug-likeness (QED) is 0.332. The Hall–Kier alpha value is -3.48. The Balaban J connectivity index is 2.04. The Morgan fingerprint density at radius 2 is 1.92 bits per heavy atom. The lowest BCUT2D eigenvalue weighted by Gasteiger charge is -2.21. The second-order valence-corrected chi connectivity index (χ2v) is 5.45. The lowest BCUT2D eigenvalue weighted by molar-refractivity contribution is -0.131. The van der Waals surface area contributed by atoms with Crippen molar-refractivity contribution in [2.24, 2.45) is 0 Å². The molecule has 0 fully saturated rings. The van der Waals surface area contributed by atoms with Gasteiger partial charge in [-0.3, -0.25) is 9.59 Å². The number of aromatic hydroxyl groups is 3. The zero-order valence-electron chi connectivity index (χ0n) is 13.1. The average molecular weight is 342 g/mol. The van der Waals surface area contributed by atoms with Crippen LogP contribution in [0.15, 0.2) is 35.9 Å². The summed E-state index contributed by atoms with van der Waals surface area (Å²) < 4.78 is 10.5. The fourth-order valence-electron chi connectivity index (χ4n) is 2.47. The van der Waals surface area contributed by atoms with E-state index >= 15 is 0 Å². The van der Waals surface area contributed by atoms with Gasteiger partial charge in [0.15, 0.2) is 17.3 Å². The van der Waals surface area contributed by atoms with Crippen molar-refractivity contribution >= 4 is 17.8 Å². The second-order valence-electron chi connectivity index (χ2n) is 5.45. The predicted molar refractivity (Wildman–Crippen MR) is 87.0 cm³/mol. The van der Waals surface area contributed by atoms with Gasteiger partial charge in [-0.15, -0.1) is 0 Å². The van der Waals surface area contributed by atoms with Gasteiger partial charge >= 0.3 is 5.97 Å². The Bertz CT molecular complexity index is 912. The summed E-state index contributed by atoms with van der Waals surface area (Å²) in [6.45, 7) is 1.12. The maximum atomic E-state index is 12.8. The number of hydrogen-bond donors (Lipinski definition) is 3.